The highest BCUT2D eigenvalue weighted by atomic mass is 16.4. The quantitative estimate of drug-likeness (QED) is 0.357. The lowest BCUT2D eigenvalue weighted by Crippen LogP contribution is -2.21. The molecule has 0 bridgehead atoms. The minimum atomic E-state index is 0.0714. The Balaban J connectivity index is 4.18. The summed E-state index contributed by atoms with van der Waals surface area (Å²) in [5, 5.41) is 0. The Morgan fingerprint density at radius 2 is 1.76 bits per heavy atom. The standard InChI is InChI=1S/C15H29BO/c1-7-8-9-10-12-16(17-14(2)3)13-11-15(4,5)6/h14H,7-10,12H2,1-6H3. The van der Waals surface area contributed by atoms with Crippen LogP contribution in [0, 0.1) is 17.2 Å². The van der Waals surface area contributed by atoms with Crippen LogP contribution in [0.4, 0.5) is 0 Å². The zero-order valence-corrected chi connectivity index (χ0v) is 12.6. The maximum absolute atomic E-state index is 5.85. The van der Waals surface area contributed by atoms with E-state index in [9.17, 15) is 0 Å². The second-order valence-corrected chi connectivity index (χ2v) is 6.04. The molecule has 0 aliphatic rings. The van der Waals surface area contributed by atoms with Gasteiger partial charge in [-0.05, 0) is 40.9 Å². The van der Waals surface area contributed by atoms with Gasteiger partial charge in [0.1, 0.15) is 0 Å². The topological polar surface area (TPSA) is 9.23 Å². The van der Waals surface area contributed by atoms with Crippen molar-refractivity contribution >= 4 is 6.92 Å². The molecule has 0 saturated carbocycles. The summed E-state index contributed by atoms with van der Waals surface area (Å²) in [6, 6.07) is 0. The summed E-state index contributed by atoms with van der Waals surface area (Å²) < 4.78 is 5.85. The third-order valence-electron chi connectivity index (χ3n) is 2.36. The van der Waals surface area contributed by atoms with Gasteiger partial charge in [-0.2, -0.15) is 0 Å². The highest BCUT2D eigenvalue weighted by Gasteiger charge is 2.15. The van der Waals surface area contributed by atoms with Crippen LogP contribution in [-0.2, 0) is 4.65 Å². The van der Waals surface area contributed by atoms with Crippen molar-refractivity contribution in [3.05, 3.63) is 0 Å². The highest BCUT2D eigenvalue weighted by molar-refractivity contribution is 6.61. The number of unbranched alkanes of at least 4 members (excludes halogenated alkanes) is 3. The first-order valence-corrected chi connectivity index (χ1v) is 7.03. The van der Waals surface area contributed by atoms with E-state index in [4.69, 9.17) is 4.65 Å². The molecule has 0 aromatic carbocycles. The number of hydrogen-bond acceptors (Lipinski definition) is 1. The average molecular weight is 236 g/mol. The van der Waals surface area contributed by atoms with Crippen LogP contribution in [0.5, 0.6) is 0 Å². The molecular weight excluding hydrogens is 207 g/mol. The van der Waals surface area contributed by atoms with Crippen molar-refractivity contribution in [3.8, 4) is 11.7 Å². The molecular formula is C15H29BO. The van der Waals surface area contributed by atoms with Crippen LogP contribution < -0.4 is 0 Å². The van der Waals surface area contributed by atoms with Crippen LogP contribution in [0.25, 0.3) is 0 Å². The van der Waals surface area contributed by atoms with Gasteiger partial charge in [0.05, 0.1) is 0 Å². The van der Waals surface area contributed by atoms with E-state index in [2.05, 4.69) is 53.3 Å². The summed E-state index contributed by atoms with van der Waals surface area (Å²) in [5.41, 5.74) is 0.0714. The van der Waals surface area contributed by atoms with Crippen molar-refractivity contribution in [1.29, 1.82) is 0 Å². The minimum absolute atomic E-state index is 0.0714. The molecule has 0 N–H and O–H groups in total. The number of rotatable bonds is 7. The minimum Gasteiger partial charge on any atom is -0.422 e. The molecule has 0 spiro atoms. The summed E-state index contributed by atoms with van der Waals surface area (Å²) in [4.78, 5) is 0. The van der Waals surface area contributed by atoms with Crippen molar-refractivity contribution in [3.63, 3.8) is 0 Å². The maximum atomic E-state index is 5.85. The summed E-state index contributed by atoms with van der Waals surface area (Å²) >= 11 is 0. The second-order valence-electron chi connectivity index (χ2n) is 6.04. The molecule has 0 aliphatic heterocycles. The van der Waals surface area contributed by atoms with Gasteiger partial charge in [-0.1, -0.05) is 32.6 Å². The molecule has 0 saturated heterocycles. The molecule has 0 atom stereocenters. The normalized spacial score (nSPS) is 11.2. The molecule has 1 nitrogen and oxygen atoms in total. The first-order valence-electron chi connectivity index (χ1n) is 7.03. The Morgan fingerprint density at radius 3 is 2.24 bits per heavy atom. The van der Waals surface area contributed by atoms with Gasteiger partial charge in [-0.3, -0.25) is 0 Å². The average Bonchev–Trinajstić information content (AvgIpc) is 2.18. The molecule has 0 amide bonds. The van der Waals surface area contributed by atoms with E-state index in [1.54, 1.807) is 0 Å². The first-order chi connectivity index (χ1) is 7.85. The van der Waals surface area contributed by atoms with E-state index in [1.165, 1.54) is 25.7 Å². The number of hydrogen-bond donors (Lipinski definition) is 0. The third kappa shape index (κ3) is 11.8. The molecule has 98 valence electrons. The van der Waals surface area contributed by atoms with E-state index in [-0.39, 0.29) is 18.4 Å². The first kappa shape index (κ1) is 16.6. The van der Waals surface area contributed by atoms with E-state index in [0.717, 1.165) is 6.32 Å². The van der Waals surface area contributed by atoms with Crippen molar-refractivity contribution in [2.75, 3.05) is 0 Å². The Morgan fingerprint density at radius 1 is 1.12 bits per heavy atom. The highest BCUT2D eigenvalue weighted by Crippen LogP contribution is 2.12. The summed E-state index contributed by atoms with van der Waals surface area (Å²) in [5.74, 6) is 6.59. The van der Waals surface area contributed by atoms with Crippen LogP contribution in [0.2, 0.25) is 6.32 Å². The summed E-state index contributed by atoms with van der Waals surface area (Å²) in [6.07, 6.45) is 6.46. The van der Waals surface area contributed by atoms with Gasteiger partial charge in [0.25, 0.3) is 0 Å². The Bertz CT molecular complexity index is 242. The Hall–Kier alpha value is -0.415. The van der Waals surface area contributed by atoms with Crippen molar-refractivity contribution < 1.29 is 4.65 Å². The molecule has 0 aliphatic carbocycles. The molecule has 0 radical (unpaired) electrons. The predicted octanol–water partition coefficient (Wildman–Crippen LogP) is 4.57. The lowest BCUT2D eigenvalue weighted by Gasteiger charge is -2.14. The van der Waals surface area contributed by atoms with Gasteiger partial charge in [0, 0.05) is 11.5 Å². The van der Waals surface area contributed by atoms with Crippen molar-refractivity contribution in [2.45, 2.75) is 79.6 Å². The van der Waals surface area contributed by atoms with Crippen LogP contribution in [-0.4, -0.2) is 13.0 Å². The van der Waals surface area contributed by atoms with Gasteiger partial charge in [0.15, 0.2) is 0 Å². The van der Waals surface area contributed by atoms with Gasteiger partial charge < -0.3 is 4.65 Å². The van der Waals surface area contributed by atoms with E-state index >= 15 is 0 Å². The lowest BCUT2D eigenvalue weighted by atomic mass is 9.63. The largest absolute Gasteiger partial charge is 0.422 e. The summed E-state index contributed by atoms with van der Waals surface area (Å²) in [7, 11) is 0. The fourth-order valence-electron chi connectivity index (χ4n) is 1.56. The third-order valence-corrected chi connectivity index (χ3v) is 2.36. The van der Waals surface area contributed by atoms with Gasteiger partial charge in [0.2, 0.25) is 0 Å². The molecule has 0 rings (SSSR count). The van der Waals surface area contributed by atoms with E-state index in [0.29, 0.717) is 0 Å². The maximum Gasteiger partial charge on any atom is 0.379 e. The van der Waals surface area contributed by atoms with Crippen LogP contribution >= 0.6 is 0 Å². The second kappa shape index (κ2) is 8.64. The summed E-state index contributed by atoms with van der Waals surface area (Å²) in [6.45, 7) is 12.9. The Kier molecular flexibility index (Phi) is 8.43. The molecule has 0 unspecified atom stereocenters. The van der Waals surface area contributed by atoms with Crippen LogP contribution in [0.3, 0.4) is 0 Å². The molecule has 0 aromatic heterocycles. The zero-order chi connectivity index (χ0) is 13.3. The molecule has 0 aromatic rings. The van der Waals surface area contributed by atoms with E-state index < -0.39 is 0 Å². The molecule has 0 heterocycles. The van der Waals surface area contributed by atoms with Crippen molar-refractivity contribution in [2.24, 2.45) is 5.41 Å². The molecule has 0 fully saturated rings. The fourth-order valence-corrected chi connectivity index (χ4v) is 1.56. The fraction of sp³-hybridized carbons (Fsp3) is 0.867. The SMILES string of the molecule is CCCCCCB(C#CC(C)(C)C)OC(C)C. The van der Waals surface area contributed by atoms with Crippen molar-refractivity contribution in [1.82, 2.24) is 0 Å². The van der Waals surface area contributed by atoms with Crippen LogP contribution in [0.1, 0.15) is 67.2 Å². The van der Waals surface area contributed by atoms with Gasteiger partial charge in [-0.15, -0.1) is 11.7 Å². The van der Waals surface area contributed by atoms with E-state index in [1.807, 2.05) is 0 Å². The lowest BCUT2D eigenvalue weighted by molar-refractivity contribution is 0.247. The zero-order valence-electron chi connectivity index (χ0n) is 12.6. The predicted molar refractivity (Wildman–Crippen MR) is 78.2 cm³/mol. The van der Waals surface area contributed by atoms with Crippen LogP contribution in [0.15, 0.2) is 0 Å². The van der Waals surface area contributed by atoms with Gasteiger partial charge >= 0.3 is 6.92 Å². The Labute approximate surface area is 109 Å². The molecule has 2 heteroatoms. The van der Waals surface area contributed by atoms with Gasteiger partial charge in [-0.25, -0.2) is 0 Å². The monoisotopic (exact) mass is 236 g/mol. The smallest absolute Gasteiger partial charge is 0.379 e. The molecule has 17 heavy (non-hydrogen) atoms.